The molecular formula is C24H26ClN5O2S. The van der Waals surface area contributed by atoms with Crippen LogP contribution in [-0.4, -0.2) is 38.6 Å². The number of fused-ring (bicyclic) bond motifs is 1. The van der Waals surface area contributed by atoms with Gasteiger partial charge in [-0.05, 0) is 74.4 Å². The molecule has 0 bridgehead atoms. The summed E-state index contributed by atoms with van der Waals surface area (Å²) in [6.45, 7) is 6.11. The largest absolute Gasteiger partial charge is 0.495 e. The number of unbranched alkanes of at least 4 members (excludes halogenated alkanes) is 2. The highest BCUT2D eigenvalue weighted by Gasteiger charge is 2.35. The first kappa shape index (κ1) is 23.3. The first-order valence-corrected chi connectivity index (χ1v) is 12.1. The van der Waals surface area contributed by atoms with Gasteiger partial charge in [0, 0.05) is 17.1 Å². The molecular weight excluding hydrogens is 458 g/mol. The van der Waals surface area contributed by atoms with Crippen LogP contribution < -0.4 is 4.74 Å². The lowest BCUT2D eigenvalue weighted by atomic mass is 10.1. The molecule has 9 heteroatoms. The highest BCUT2D eigenvalue weighted by atomic mass is 35.5. The lowest BCUT2D eigenvalue weighted by molar-refractivity contribution is -0.114. The summed E-state index contributed by atoms with van der Waals surface area (Å²) in [5.41, 5.74) is 3.86. The van der Waals surface area contributed by atoms with Crippen LogP contribution >= 0.6 is 23.4 Å². The number of thioether (sulfide) groups is 1. The van der Waals surface area contributed by atoms with Crippen LogP contribution in [0.3, 0.4) is 0 Å². The number of rotatable bonds is 7. The van der Waals surface area contributed by atoms with Gasteiger partial charge >= 0.3 is 0 Å². The Morgan fingerprint density at radius 1 is 1.24 bits per heavy atom. The summed E-state index contributed by atoms with van der Waals surface area (Å²) >= 11 is 7.71. The molecule has 2 aromatic rings. The molecule has 1 amide bonds. The molecule has 0 saturated carbocycles. The number of hydrazone groups is 1. The minimum Gasteiger partial charge on any atom is -0.495 e. The lowest BCUT2D eigenvalue weighted by Gasteiger charge is -2.20. The molecule has 0 fully saturated rings. The van der Waals surface area contributed by atoms with Crippen molar-refractivity contribution in [2.75, 3.05) is 7.11 Å². The van der Waals surface area contributed by atoms with E-state index in [0.29, 0.717) is 15.9 Å². The number of amides is 1. The zero-order valence-corrected chi connectivity index (χ0v) is 20.7. The fourth-order valence-electron chi connectivity index (χ4n) is 3.94. The van der Waals surface area contributed by atoms with Crippen LogP contribution in [0.15, 0.2) is 39.9 Å². The maximum absolute atomic E-state index is 12.8. The van der Waals surface area contributed by atoms with E-state index in [9.17, 15) is 4.79 Å². The number of benzene rings is 1. The van der Waals surface area contributed by atoms with E-state index in [1.165, 1.54) is 16.8 Å². The van der Waals surface area contributed by atoms with Gasteiger partial charge in [0.25, 0.3) is 5.91 Å². The van der Waals surface area contributed by atoms with Crippen molar-refractivity contribution >= 4 is 51.4 Å². The van der Waals surface area contributed by atoms with Crippen molar-refractivity contribution in [2.45, 2.75) is 46.5 Å². The van der Waals surface area contributed by atoms with Crippen LogP contribution in [0.25, 0.3) is 11.8 Å². The van der Waals surface area contributed by atoms with Gasteiger partial charge in [0.2, 0.25) is 5.17 Å². The van der Waals surface area contributed by atoms with E-state index in [0.717, 1.165) is 53.4 Å². The Morgan fingerprint density at radius 3 is 2.73 bits per heavy atom. The van der Waals surface area contributed by atoms with Crippen molar-refractivity contribution in [3.8, 4) is 11.4 Å². The van der Waals surface area contributed by atoms with Gasteiger partial charge in [-0.2, -0.15) is 15.1 Å². The third-order valence-corrected chi connectivity index (χ3v) is 6.92. The fourth-order valence-corrected chi connectivity index (χ4v) is 5.12. The number of ether oxygens (including phenoxy) is 1. The first-order valence-electron chi connectivity index (χ1n) is 10.9. The average Bonchev–Trinajstić information content (AvgIpc) is 3.31. The second kappa shape index (κ2) is 9.57. The summed E-state index contributed by atoms with van der Waals surface area (Å²) in [5.74, 6) is 0.250. The normalized spacial score (nSPS) is 16.9. The molecule has 2 aliphatic rings. The number of carbonyl (C=O) groups is 1. The monoisotopic (exact) mass is 483 g/mol. The van der Waals surface area contributed by atoms with Gasteiger partial charge in [0.1, 0.15) is 10.8 Å². The number of aromatic nitrogens is 1. The number of nitrogens with zero attached hydrogens (tertiary/aromatic N) is 4. The summed E-state index contributed by atoms with van der Waals surface area (Å²) in [7, 11) is 1.58. The maximum atomic E-state index is 12.8. The van der Waals surface area contributed by atoms with Crippen molar-refractivity contribution in [3.05, 3.63) is 51.8 Å². The Morgan fingerprint density at radius 2 is 2.03 bits per heavy atom. The predicted octanol–water partition coefficient (Wildman–Crippen LogP) is 5.96. The van der Waals surface area contributed by atoms with Crippen molar-refractivity contribution in [1.82, 2.24) is 9.58 Å². The number of methoxy groups -OCH3 is 1. The van der Waals surface area contributed by atoms with E-state index in [-0.39, 0.29) is 11.4 Å². The highest BCUT2D eigenvalue weighted by molar-refractivity contribution is 8.26. The maximum Gasteiger partial charge on any atom is 0.283 e. The van der Waals surface area contributed by atoms with Crippen molar-refractivity contribution in [2.24, 2.45) is 10.1 Å². The number of hydrogen-bond acceptors (Lipinski definition) is 5. The first-order chi connectivity index (χ1) is 15.8. The van der Waals surface area contributed by atoms with Crippen molar-refractivity contribution < 1.29 is 9.53 Å². The topological polar surface area (TPSA) is 83.0 Å². The molecule has 3 heterocycles. The van der Waals surface area contributed by atoms with Gasteiger partial charge in [-0.1, -0.05) is 31.4 Å². The molecule has 0 unspecified atom stereocenters. The molecule has 1 aromatic heterocycles. The number of nitrogens with one attached hydrogen (secondary N) is 1. The van der Waals surface area contributed by atoms with Crippen LogP contribution in [0, 0.1) is 19.3 Å². The van der Waals surface area contributed by atoms with E-state index >= 15 is 0 Å². The summed E-state index contributed by atoms with van der Waals surface area (Å²) < 4.78 is 7.31. The van der Waals surface area contributed by atoms with Crippen LogP contribution in [0.2, 0.25) is 5.02 Å². The number of amidine groups is 2. The lowest BCUT2D eigenvalue weighted by Crippen LogP contribution is -2.35. The fraction of sp³-hybridized carbons (Fsp3) is 0.333. The summed E-state index contributed by atoms with van der Waals surface area (Å²) in [6, 6.07) is 7.59. The van der Waals surface area contributed by atoms with Gasteiger partial charge < -0.3 is 9.30 Å². The highest BCUT2D eigenvalue weighted by Crippen LogP contribution is 2.32. The number of aliphatic imine (C=N–C) groups is 1. The Bertz CT molecular complexity index is 1230. The second-order valence-corrected chi connectivity index (χ2v) is 9.40. The molecule has 1 aromatic carbocycles. The molecule has 0 radical (unpaired) electrons. The van der Waals surface area contributed by atoms with E-state index in [1.807, 2.05) is 38.1 Å². The number of carbonyl (C=O) groups excluding carboxylic acids is 1. The SMILES string of the molecule is CCCCCC1=NN2C(=N)/C(=C\c3cc(C)n(-c4ccc(OC)c(Cl)c4)c3C)C(=O)N=C2S1. The van der Waals surface area contributed by atoms with Crippen molar-refractivity contribution in [3.63, 3.8) is 0 Å². The van der Waals surface area contributed by atoms with E-state index in [1.54, 1.807) is 13.2 Å². The Balaban J connectivity index is 1.65. The van der Waals surface area contributed by atoms with E-state index < -0.39 is 5.91 Å². The molecule has 1 N–H and O–H groups in total. The minimum atomic E-state index is -0.416. The molecule has 0 aliphatic carbocycles. The molecule has 33 heavy (non-hydrogen) atoms. The molecule has 4 rings (SSSR count). The Hall–Kier alpha value is -2.84. The molecule has 0 spiro atoms. The third kappa shape index (κ3) is 4.50. The number of hydrogen-bond donors (Lipinski definition) is 1. The van der Waals surface area contributed by atoms with Gasteiger partial charge in [0.15, 0.2) is 5.84 Å². The molecule has 2 aliphatic heterocycles. The van der Waals surface area contributed by atoms with Gasteiger partial charge in [-0.25, -0.2) is 0 Å². The quantitative estimate of drug-likeness (QED) is 0.389. The average molecular weight is 484 g/mol. The standard InChI is InChI=1S/C24H26ClN5O2S/c1-5-6-7-8-21-28-30-22(26)18(23(31)27-24(30)33-21)12-16-11-14(2)29(15(16)3)17-9-10-20(32-4)19(25)13-17/h9-13,26H,5-8H2,1-4H3/b18-12+,26-22?. The molecule has 0 saturated heterocycles. The molecule has 172 valence electrons. The van der Waals surface area contributed by atoms with Crippen LogP contribution in [0.1, 0.15) is 49.6 Å². The molecule has 0 atom stereocenters. The predicted molar refractivity (Wildman–Crippen MR) is 136 cm³/mol. The summed E-state index contributed by atoms with van der Waals surface area (Å²) in [5, 5.41) is 16.5. The molecule has 7 nitrogen and oxygen atoms in total. The summed E-state index contributed by atoms with van der Waals surface area (Å²) in [6.07, 6.45) is 5.85. The van der Waals surface area contributed by atoms with Crippen molar-refractivity contribution in [1.29, 1.82) is 5.41 Å². The Kier molecular flexibility index (Phi) is 6.76. The summed E-state index contributed by atoms with van der Waals surface area (Å²) in [4.78, 5) is 17.0. The van der Waals surface area contributed by atoms with E-state index in [2.05, 4.69) is 21.6 Å². The van der Waals surface area contributed by atoms with Crippen LogP contribution in [0.5, 0.6) is 5.75 Å². The van der Waals surface area contributed by atoms with Gasteiger partial charge in [-0.15, -0.1) is 0 Å². The van der Waals surface area contributed by atoms with Gasteiger partial charge in [0.05, 0.1) is 17.7 Å². The zero-order valence-electron chi connectivity index (χ0n) is 19.1. The third-order valence-electron chi connectivity index (χ3n) is 5.65. The zero-order chi connectivity index (χ0) is 23.7. The minimum absolute atomic E-state index is 0.0558. The number of aryl methyl sites for hydroxylation is 1. The van der Waals surface area contributed by atoms with E-state index in [4.69, 9.17) is 21.7 Å². The van der Waals surface area contributed by atoms with Crippen LogP contribution in [-0.2, 0) is 4.79 Å². The van der Waals surface area contributed by atoms with Crippen LogP contribution in [0.4, 0.5) is 0 Å². The smallest absolute Gasteiger partial charge is 0.283 e. The second-order valence-electron chi connectivity index (χ2n) is 7.95. The van der Waals surface area contributed by atoms with Gasteiger partial charge in [-0.3, -0.25) is 10.2 Å². The number of halogens is 1. The Labute approximate surface area is 202 Å².